The number of hydrogen-bond acceptors (Lipinski definition) is 7. The average molecular weight is 495 g/mol. The van der Waals surface area contributed by atoms with Crippen LogP contribution in [0.15, 0.2) is 77.9 Å². The van der Waals surface area contributed by atoms with Crippen molar-refractivity contribution in [3.8, 4) is 0 Å². The Morgan fingerprint density at radius 1 is 0.973 bits per heavy atom. The molecule has 0 spiro atoms. The molecule has 184 valence electrons. The van der Waals surface area contributed by atoms with Crippen LogP contribution >= 0.6 is 0 Å². The molecule has 0 bridgehead atoms. The Labute approximate surface area is 211 Å². The first-order valence-corrected chi connectivity index (χ1v) is 11.8. The summed E-state index contributed by atoms with van der Waals surface area (Å²) in [6.45, 7) is 1.61. The van der Waals surface area contributed by atoms with Gasteiger partial charge >= 0.3 is 0 Å². The van der Waals surface area contributed by atoms with Crippen molar-refractivity contribution < 1.29 is 19.3 Å². The Morgan fingerprint density at radius 3 is 2.41 bits per heavy atom. The van der Waals surface area contributed by atoms with E-state index in [1.54, 1.807) is 42.4 Å². The SMILES string of the molecule is Cc1cc([N+](=O)[O-])ccc1N1C(=O)[C@@H]2[C@@H](C1=O)[C@H]1c3ccccc3C=NN1[C@@H]2C(=O)Nc1ccccc1. The van der Waals surface area contributed by atoms with E-state index in [1.807, 2.05) is 30.3 Å². The molecule has 0 aliphatic carbocycles. The molecular weight excluding hydrogens is 474 g/mol. The van der Waals surface area contributed by atoms with Gasteiger partial charge in [0.25, 0.3) is 5.69 Å². The fourth-order valence-corrected chi connectivity index (χ4v) is 5.65. The molecule has 6 rings (SSSR count). The van der Waals surface area contributed by atoms with Crippen LogP contribution in [0.5, 0.6) is 0 Å². The maximum absolute atomic E-state index is 13.9. The standard InChI is InChI=1S/C27H21N5O5/c1-15-13-18(32(36)37)11-12-20(15)30-26(34)21-22(27(30)35)24(25(33)29-17-8-3-2-4-9-17)31-23(21)19-10-6-5-7-16(19)14-28-31/h2-14,21-24H,1H3,(H,29,33)/t21-,22-,23-,24+/m1/s1. The third-order valence-corrected chi connectivity index (χ3v) is 7.24. The molecule has 3 aliphatic heterocycles. The van der Waals surface area contributed by atoms with Gasteiger partial charge in [0.1, 0.15) is 6.04 Å². The van der Waals surface area contributed by atoms with E-state index >= 15 is 0 Å². The van der Waals surface area contributed by atoms with Gasteiger partial charge in [-0.05, 0) is 41.8 Å². The summed E-state index contributed by atoms with van der Waals surface area (Å²) in [6.07, 6.45) is 1.64. The van der Waals surface area contributed by atoms with Crippen LogP contribution in [0.25, 0.3) is 0 Å². The Kier molecular flexibility index (Phi) is 5.11. The van der Waals surface area contributed by atoms with Crippen molar-refractivity contribution in [1.29, 1.82) is 0 Å². The molecule has 3 aromatic carbocycles. The number of non-ortho nitro benzene ring substituents is 1. The van der Waals surface area contributed by atoms with Gasteiger partial charge in [0.05, 0.1) is 34.7 Å². The second kappa shape index (κ2) is 8.37. The molecule has 2 saturated heterocycles. The lowest BCUT2D eigenvalue weighted by atomic mass is 9.85. The van der Waals surface area contributed by atoms with Crippen LogP contribution in [0.2, 0.25) is 0 Å². The highest BCUT2D eigenvalue weighted by molar-refractivity contribution is 6.24. The first-order chi connectivity index (χ1) is 17.9. The molecule has 0 saturated carbocycles. The molecule has 10 heteroatoms. The lowest BCUT2D eigenvalue weighted by Crippen LogP contribution is -2.46. The van der Waals surface area contributed by atoms with Crippen molar-refractivity contribution >= 4 is 41.0 Å². The lowest BCUT2D eigenvalue weighted by molar-refractivity contribution is -0.384. The van der Waals surface area contributed by atoms with Gasteiger partial charge in [-0.1, -0.05) is 42.5 Å². The van der Waals surface area contributed by atoms with E-state index in [0.717, 1.165) is 16.0 Å². The summed E-state index contributed by atoms with van der Waals surface area (Å²) in [5, 5.41) is 20.2. The van der Waals surface area contributed by atoms with Crippen LogP contribution in [0.4, 0.5) is 17.1 Å². The average Bonchev–Trinajstić information content (AvgIpc) is 3.37. The first kappa shape index (κ1) is 22.6. The van der Waals surface area contributed by atoms with E-state index in [-0.39, 0.29) is 11.4 Å². The van der Waals surface area contributed by atoms with Crippen LogP contribution in [0.3, 0.4) is 0 Å². The fraction of sp³-hybridized carbons (Fsp3) is 0.185. The number of para-hydroxylation sites is 1. The number of amides is 3. The van der Waals surface area contributed by atoms with Crippen molar-refractivity contribution in [3.63, 3.8) is 0 Å². The summed E-state index contributed by atoms with van der Waals surface area (Å²) in [5.74, 6) is -3.26. The van der Waals surface area contributed by atoms with E-state index in [0.29, 0.717) is 11.3 Å². The lowest BCUT2D eigenvalue weighted by Gasteiger charge is -2.33. The number of imide groups is 1. The topological polar surface area (TPSA) is 125 Å². The zero-order chi connectivity index (χ0) is 25.8. The van der Waals surface area contributed by atoms with Crippen molar-refractivity contribution in [2.45, 2.75) is 19.0 Å². The zero-order valence-electron chi connectivity index (χ0n) is 19.6. The summed E-state index contributed by atoms with van der Waals surface area (Å²) in [7, 11) is 0. The minimum absolute atomic E-state index is 0.137. The predicted molar refractivity (Wildman–Crippen MR) is 135 cm³/mol. The van der Waals surface area contributed by atoms with Gasteiger partial charge in [0, 0.05) is 17.8 Å². The van der Waals surface area contributed by atoms with Gasteiger partial charge in [-0.15, -0.1) is 0 Å². The number of carbonyl (C=O) groups is 3. The summed E-state index contributed by atoms with van der Waals surface area (Å²) in [6, 6.07) is 18.7. The van der Waals surface area contributed by atoms with Gasteiger partial charge in [-0.25, -0.2) is 4.90 Å². The molecule has 37 heavy (non-hydrogen) atoms. The molecule has 3 aromatic rings. The monoisotopic (exact) mass is 495 g/mol. The molecular formula is C27H21N5O5. The van der Waals surface area contributed by atoms with Gasteiger partial charge in [-0.2, -0.15) is 5.10 Å². The highest BCUT2D eigenvalue weighted by Gasteiger charge is 2.65. The minimum Gasteiger partial charge on any atom is -0.324 e. The molecule has 0 radical (unpaired) electrons. The van der Waals surface area contributed by atoms with E-state index < -0.39 is 46.6 Å². The van der Waals surface area contributed by atoms with Gasteiger partial charge in [0.15, 0.2) is 0 Å². The van der Waals surface area contributed by atoms with E-state index in [4.69, 9.17) is 0 Å². The molecule has 10 nitrogen and oxygen atoms in total. The Bertz CT molecular complexity index is 1500. The van der Waals surface area contributed by atoms with Crippen molar-refractivity contribution in [2.75, 3.05) is 10.2 Å². The maximum atomic E-state index is 13.9. The summed E-state index contributed by atoms with van der Waals surface area (Å²) >= 11 is 0. The van der Waals surface area contributed by atoms with Gasteiger partial charge in [0.2, 0.25) is 17.7 Å². The molecule has 3 heterocycles. The fourth-order valence-electron chi connectivity index (χ4n) is 5.65. The van der Waals surface area contributed by atoms with E-state index in [2.05, 4.69) is 10.4 Å². The van der Waals surface area contributed by atoms with Crippen molar-refractivity contribution in [3.05, 3.63) is 99.6 Å². The van der Waals surface area contributed by atoms with Crippen LogP contribution in [-0.4, -0.2) is 39.9 Å². The quantitative estimate of drug-likeness (QED) is 0.336. The highest BCUT2D eigenvalue weighted by atomic mass is 16.6. The normalized spacial score (nSPS) is 23.5. The largest absolute Gasteiger partial charge is 0.324 e. The molecule has 3 amide bonds. The molecule has 4 atom stereocenters. The number of benzene rings is 3. The maximum Gasteiger partial charge on any atom is 0.269 e. The number of carbonyl (C=O) groups excluding carboxylic acids is 3. The number of nitrogens with zero attached hydrogens (tertiary/aromatic N) is 4. The molecule has 0 aromatic heterocycles. The third-order valence-electron chi connectivity index (χ3n) is 7.24. The number of fused-ring (bicyclic) bond motifs is 5. The third kappa shape index (κ3) is 3.40. The van der Waals surface area contributed by atoms with E-state index in [1.165, 1.54) is 18.2 Å². The minimum atomic E-state index is -1.03. The molecule has 3 aliphatic rings. The second-order valence-electron chi connectivity index (χ2n) is 9.29. The number of hydrogen-bond donors (Lipinski definition) is 1. The number of nitro groups is 1. The summed E-state index contributed by atoms with van der Waals surface area (Å²) in [4.78, 5) is 53.2. The smallest absolute Gasteiger partial charge is 0.269 e. The van der Waals surface area contributed by atoms with Crippen LogP contribution < -0.4 is 10.2 Å². The zero-order valence-corrected chi connectivity index (χ0v) is 19.6. The number of anilines is 2. The van der Waals surface area contributed by atoms with Crippen molar-refractivity contribution in [2.24, 2.45) is 16.9 Å². The summed E-state index contributed by atoms with van der Waals surface area (Å²) < 4.78 is 0. The number of rotatable bonds is 4. The Morgan fingerprint density at radius 2 is 1.68 bits per heavy atom. The second-order valence-corrected chi connectivity index (χ2v) is 9.29. The van der Waals surface area contributed by atoms with E-state index in [9.17, 15) is 24.5 Å². The van der Waals surface area contributed by atoms with Gasteiger partial charge < -0.3 is 5.32 Å². The van der Waals surface area contributed by atoms with Gasteiger partial charge in [-0.3, -0.25) is 29.5 Å². The first-order valence-electron chi connectivity index (χ1n) is 11.8. The van der Waals surface area contributed by atoms with Crippen LogP contribution in [0, 0.1) is 28.9 Å². The summed E-state index contributed by atoms with van der Waals surface area (Å²) in [5.41, 5.74) is 2.75. The number of nitro benzene ring substituents is 1. The Hall–Kier alpha value is -4.86. The molecule has 1 N–H and O–H groups in total. The van der Waals surface area contributed by atoms with Crippen LogP contribution in [-0.2, 0) is 14.4 Å². The number of aryl methyl sites for hydroxylation is 1. The van der Waals surface area contributed by atoms with Crippen LogP contribution in [0.1, 0.15) is 22.7 Å². The molecule has 2 fully saturated rings. The van der Waals surface area contributed by atoms with Crippen molar-refractivity contribution in [1.82, 2.24) is 5.01 Å². The number of hydrazone groups is 1. The molecule has 0 unspecified atom stereocenters. The Balaban J connectivity index is 1.45. The number of nitrogens with one attached hydrogen (secondary N) is 1. The highest BCUT2D eigenvalue weighted by Crippen LogP contribution is 2.53. The predicted octanol–water partition coefficient (Wildman–Crippen LogP) is 3.42.